The van der Waals surface area contributed by atoms with Crippen molar-refractivity contribution < 1.29 is 9.53 Å². The van der Waals surface area contributed by atoms with Crippen molar-refractivity contribution in [1.82, 2.24) is 4.90 Å². The lowest BCUT2D eigenvalue weighted by atomic mass is 10.1. The summed E-state index contributed by atoms with van der Waals surface area (Å²) in [6.07, 6.45) is 8.09. The molecule has 3 nitrogen and oxygen atoms in total. The maximum atomic E-state index is 11.6. The Kier molecular flexibility index (Phi) is 1.92. The minimum Gasteiger partial charge on any atom is -0.448 e. The Labute approximate surface area is 96.4 Å². The molecular weight excluding hydrogens is 202 g/mol. The number of ether oxygens (including phenoxy) is 1. The second kappa shape index (κ2) is 3.02. The predicted octanol–water partition coefficient (Wildman–Crippen LogP) is 3.07. The van der Waals surface area contributed by atoms with Gasteiger partial charge in [-0.25, -0.2) is 4.79 Å². The van der Waals surface area contributed by atoms with E-state index in [1.54, 1.807) is 0 Å². The van der Waals surface area contributed by atoms with Gasteiger partial charge < -0.3 is 4.74 Å². The number of carbonyl (C=O) groups is 1. The highest BCUT2D eigenvalue weighted by Crippen LogP contribution is 2.76. The second-order valence-corrected chi connectivity index (χ2v) is 5.57. The van der Waals surface area contributed by atoms with Crippen molar-refractivity contribution in [3.63, 3.8) is 0 Å². The summed E-state index contributed by atoms with van der Waals surface area (Å²) in [5, 5.41) is 0. The van der Waals surface area contributed by atoms with Crippen molar-refractivity contribution in [1.29, 1.82) is 0 Å². The lowest BCUT2D eigenvalue weighted by Crippen LogP contribution is -2.28. The fraction of sp³-hybridized carbons (Fsp3) is 0.769. The Balaban J connectivity index is 1.69. The minimum absolute atomic E-state index is 0.106. The van der Waals surface area contributed by atoms with E-state index >= 15 is 0 Å². The molecule has 1 spiro atoms. The number of hydrogen-bond donors (Lipinski definition) is 0. The summed E-state index contributed by atoms with van der Waals surface area (Å²) < 4.78 is 5.19. The number of rotatable bonds is 4. The molecule has 1 unspecified atom stereocenters. The Morgan fingerprint density at radius 1 is 1.50 bits per heavy atom. The van der Waals surface area contributed by atoms with E-state index in [0.29, 0.717) is 6.61 Å². The molecule has 3 aliphatic rings. The molecule has 88 valence electrons. The van der Waals surface area contributed by atoms with Crippen molar-refractivity contribution in [2.75, 3.05) is 6.61 Å². The predicted molar refractivity (Wildman–Crippen MR) is 60.9 cm³/mol. The topological polar surface area (TPSA) is 29.3 Å². The van der Waals surface area contributed by atoms with Gasteiger partial charge >= 0.3 is 6.09 Å². The van der Waals surface area contributed by atoms with Crippen LogP contribution in [-0.4, -0.2) is 23.1 Å². The molecule has 0 radical (unpaired) electrons. The third-order valence-electron chi connectivity index (χ3n) is 4.36. The molecule has 0 aromatic heterocycles. The summed E-state index contributed by atoms with van der Waals surface area (Å²) in [6, 6.07) is 0. The molecule has 2 atom stereocenters. The largest absolute Gasteiger partial charge is 0.448 e. The van der Waals surface area contributed by atoms with Crippen LogP contribution in [0.1, 0.15) is 46.0 Å². The van der Waals surface area contributed by atoms with Gasteiger partial charge in [0.2, 0.25) is 0 Å². The smallest absolute Gasteiger partial charge is 0.414 e. The maximum Gasteiger partial charge on any atom is 0.414 e. The summed E-state index contributed by atoms with van der Waals surface area (Å²) >= 11 is 0. The first-order valence-electron chi connectivity index (χ1n) is 6.33. The fourth-order valence-electron chi connectivity index (χ4n) is 3.18. The van der Waals surface area contributed by atoms with Gasteiger partial charge in [-0.2, -0.15) is 0 Å². The van der Waals surface area contributed by atoms with Gasteiger partial charge in [-0.15, -0.1) is 0 Å². The normalized spacial score (nSPS) is 41.5. The van der Waals surface area contributed by atoms with Gasteiger partial charge in [0.25, 0.3) is 0 Å². The number of cyclic esters (lactones) is 1. The van der Waals surface area contributed by atoms with Crippen LogP contribution < -0.4 is 0 Å². The highest BCUT2D eigenvalue weighted by molar-refractivity contribution is 5.83. The molecule has 0 aromatic carbocycles. The number of unbranched alkanes of at least 4 members (excludes halogenated alkanes) is 3. The Hall–Kier alpha value is -0.990. The van der Waals surface area contributed by atoms with E-state index in [4.69, 9.17) is 4.74 Å². The molecule has 0 N–H and O–H groups in total. The molecule has 0 bridgehead atoms. The highest BCUT2D eigenvalue weighted by atomic mass is 16.6. The lowest BCUT2D eigenvalue weighted by molar-refractivity contribution is 0.0854. The maximum absolute atomic E-state index is 11.6. The molecule has 0 aromatic rings. The van der Waals surface area contributed by atoms with Gasteiger partial charge in [-0.1, -0.05) is 32.8 Å². The van der Waals surface area contributed by atoms with Crippen LogP contribution in [0, 0.1) is 5.41 Å². The summed E-state index contributed by atoms with van der Waals surface area (Å²) in [5.74, 6) is 0. The zero-order valence-corrected chi connectivity index (χ0v) is 10.1. The van der Waals surface area contributed by atoms with E-state index in [1.165, 1.54) is 25.0 Å². The Morgan fingerprint density at radius 3 is 3.00 bits per heavy atom. The summed E-state index contributed by atoms with van der Waals surface area (Å²) in [5.41, 5.74) is 1.57. The summed E-state index contributed by atoms with van der Waals surface area (Å²) in [6.45, 7) is 5.04. The number of amides is 1. The molecule has 2 saturated heterocycles. The zero-order chi connectivity index (χ0) is 11.4. The van der Waals surface area contributed by atoms with E-state index in [0.717, 1.165) is 12.8 Å². The first-order valence-corrected chi connectivity index (χ1v) is 6.33. The SMILES string of the molecule is CCCCC/C=C1/N2C(=O)OCC3(C)C[C@]123. The van der Waals surface area contributed by atoms with Gasteiger partial charge in [0, 0.05) is 11.1 Å². The van der Waals surface area contributed by atoms with Gasteiger partial charge in [0.1, 0.15) is 12.1 Å². The zero-order valence-electron chi connectivity index (χ0n) is 10.1. The number of nitrogens with zero attached hydrogens (tertiary/aromatic N) is 1. The molecule has 2 heterocycles. The van der Waals surface area contributed by atoms with E-state index in [-0.39, 0.29) is 17.0 Å². The second-order valence-electron chi connectivity index (χ2n) is 5.57. The quantitative estimate of drug-likeness (QED) is 0.539. The summed E-state index contributed by atoms with van der Waals surface area (Å²) in [7, 11) is 0. The average molecular weight is 221 g/mol. The van der Waals surface area contributed by atoms with Crippen molar-refractivity contribution in [3.8, 4) is 0 Å². The molecule has 16 heavy (non-hydrogen) atoms. The van der Waals surface area contributed by atoms with Crippen LogP contribution in [-0.2, 0) is 4.74 Å². The highest BCUT2D eigenvalue weighted by Gasteiger charge is 2.85. The van der Waals surface area contributed by atoms with Crippen LogP contribution in [0.3, 0.4) is 0 Å². The van der Waals surface area contributed by atoms with E-state index in [9.17, 15) is 4.79 Å². The molecule has 2 aliphatic heterocycles. The molecule has 3 fully saturated rings. The van der Waals surface area contributed by atoms with Crippen molar-refractivity contribution in [2.45, 2.75) is 51.5 Å². The standard InChI is InChI=1S/C13H19NO2/c1-3-4-5-6-7-10-13-8-12(13,2)9-16-11(15)14(10)13/h7H,3-6,8-9H2,1-2H3/b10-7+/t12?,13-,14?/m1/s1. The minimum atomic E-state index is -0.128. The molecule has 1 aliphatic carbocycles. The van der Waals surface area contributed by atoms with Crippen molar-refractivity contribution in [2.24, 2.45) is 5.41 Å². The van der Waals surface area contributed by atoms with Crippen LogP contribution in [0.4, 0.5) is 4.79 Å². The number of allylic oxidation sites excluding steroid dienone is 1. The summed E-state index contributed by atoms with van der Waals surface area (Å²) in [4.78, 5) is 13.4. The molecular formula is C13H19NO2. The van der Waals surface area contributed by atoms with Crippen molar-refractivity contribution in [3.05, 3.63) is 11.8 Å². The van der Waals surface area contributed by atoms with Crippen LogP contribution in [0.5, 0.6) is 0 Å². The van der Waals surface area contributed by atoms with E-state index < -0.39 is 0 Å². The fourth-order valence-corrected chi connectivity index (χ4v) is 3.18. The first kappa shape index (κ1) is 10.2. The third kappa shape index (κ3) is 1.06. The van der Waals surface area contributed by atoms with Gasteiger partial charge in [-0.3, -0.25) is 4.90 Å². The van der Waals surface area contributed by atoms with Crippen LogP contribution in [0.25, 0.3) is 0 Å². The first-order chi connectivity index (χ1) is 7.66. The number of carbonyl (C=O) groups excluding carboxylic acids is 1. The van der Waals surface area contributed by atoms with Crippen LogP contribution >= 0.6 is 0 Å². The van der Waals surface area contributed by atoms with E-state index in [1.807, 2.05) is 4.90 Å². The van der Waals surface area contributed by atoms with Gasteiger partial charge in [0.15, 0.2) is 0 Å². The Morgan fingerprint density at radius 2 is 2.31 bits per heavy atom. The third-order valence-corrected chi connectivity index (χ3v) is 4.36. The Bertz CT molecular complexity index is 376. The van der Waals surface area contributed by atoms with E-state index in [2.05, 4.69) is 19.9 Å². The van der Waals surface area contributed by atoms with Gasteiger partial charge in [-0.05, 0) is 19.3 Å². The monoisotopic (exact) mass is 221 g/mol. The molecule has 3 heteroatoms. The van der Waals surface area contributed by atoms with Gasteiger partial charge in [0.05, 0.1) is 0 Å². The molecule has 1 saturated carbocycles. The van der Waals surface area contributed by atoms with Crippen LogP contribution in [0.15, 0.2) is 11.8 Å². The molecule has 3 rings (SSSR count). The number of hydrogen-bond acceptors (Lipinski definition) is 2. The lowest BCUT2D eigenvalue weighted by Gasteiger charge is -2.16. The molecule has 1 amide bonds. The average Bonchev–Trinajstić information content (AvgIpc) is 3.08. The van der Waals surface area contributed by atoms with Crippen LogP contribution in [0.2, 0.25) is 0 Å². The van der Waals surface area contributed by atoms with Crippen molar-refractivity contribution >= 4 is 6.09 Å².